The smallest absolute Gasteiger partial charge is 0.241 e. The second-order valence-corrected chi connectivity index (χ2v) is 5.41. The molecular formula is C14H13F4NS. The van der Waals surface area contributed by atoms with Gasteiger partial charge in [-0.3, -0.25) is 0 Å². The number of aromatic nitrogens is 1. The molecule has 1 unspecified atom stereocenters. The highest BCUT2D eigenvalue weighted by molar-refractivity contribution is 7.13. The third kappa shape index (κ3) is 2.85. The van der Waals surface area contributed by atoms with E-state index in [0.29, 0.717) is 0 Å². The molecule has 0 N–H and O–H groups in total. The Morgan fingerprint density at radius 3 is 2.60 bits per heavy atom. The normalized spacial score (nSPS) is 13.5. The van der Waals surface area contributed by atoms with Gasteiger partial charge in [-0.05, 0) is 24.5 Å². The molecule has 2 aromatic rings. The third-order valence-electron chi connectivity index (χ3n) is 3.17. The minimum absolute atomic E-state index is 0.0978. The molecule has 108 valence electrons. The fourth-order valence-electron chi connectivity index (χ4n) is 1.76. The molecule has 20 heavy (non-hydrogen) atoms. The Morgan fingerprint density at radius 1 is 1.30 bits per heavy atom. The van der Waals surface area contributed by atoms with Crippen LogP contribution in [0.25, 0.3) is 10.6 Å². The van der Waals surface area contributed by atoms with Crippen LogP contribution in [-0.4, -0.2) is 4.98 Å². The zero-order valence-corrected chi connectivity index (χ0v) is 11.8. The molecule has 0 amide bonds. The monoisotopic (exact) mass is 303 g/mol. The fraction of sp³-hybridized carbons (Fsp3) is 0.357. The topological polar surface area (TPSA) is 12.9 Å². The first-order valence-corrected chi connectivity index (χ1v) is 7.04. The molecule has 0 aliphatic carbocycles. The van der Waals surface area contributed by atoms with Gasteiger partial charge < -0.3 is 0 Å². The molecule has 0 bridgehead atoms. The first-order valence-electron chi connectivity index (χ1n) is 6.16. The van der Waals surface area contributed by atoms with Gasteiger partial charge in [0.25, 0.3) is 0 Å². The molecule has 0 aliphatic rings. The second-order valence-electron chi connectivity index (χ2n) is 4.55. The number of benzene rings is 1. The van der Waals surface area contributed by atoms with Crippen molar-refractivity contribution >= 4 is 11.3 Å². The van der Waals surface area contributed by atoms with Gasteiger partial charge in [0, 0.05) is 10.9 Å². The van der Waals surface area contributed by atoms with Crippen LogP contribution in [0.2, 0.25) is 0 Å². The predicted octanol–water partition coefficient (Wildman–Crippen LogP) is 5.48. The Morgan fingerprint density at radius 2 is 2.00 bits per heavy atom. The van der Waals surface area contributed by atoms with E-state index in [1.807, 2.05) is 13.8 Å². The summed E-state index contributed by atoms with van der Waals surface area (Å²) >= 11 is 1.16. The maximum absolute atomic E-state index is 14.0. The van der Waals surface area contributed by atoms with Crippen LogP contribution in [0.4, 0.5) is 17.6 Å². The van der Waals surface area contributed by atoms with Crippen LogP contribution in [0.1, 0.15) is 37.4 Å². The summed E-state index contributed by atoms with van der Waals surface area (Å²) in [6.07, 6.45) is -3.83. The lowest BCUT2D eigenvalue weighted by molar-refractivity contribution is -0.139. The van der Waals surface area contributed by atoms with E-state index in [9.17, 15) is 17.6 Å². The minimum atomic E-state index is -4.70. The Balaban J connectivity index is 2.46. The Hall–Kier alpha value is -1.43. The summed E-state index contributed by atoms with van der Waals surface area (Å²) in [5.74, 6) is -1.06. The lowest BCUT2D eigenvalue weighted by Crippen LogP contribution is -2.08. The molecule has 1 heterocycles. The average Bonchev–Trinajstić information content (AvgIpc) is 2.86. The summed E-state index contributed by atoms with van der Waals surface area (Å²) in [5, 5.41) is 2.05. The predicted molar refractivity (Wildman–Crippen MR) is 71.2 cm³/mol. The molecule has 0 saturated carbocycles. The van der Waals surface area contributed by atoms with E-state index in [0.717, 1.165) is 29.5 Å². The van der Waals surface area contributed by atoms with E-state index in [4.69, 9.17) is 0 Å². The minimum Gasteiger partial charge on any atom is -0.241 e. The second kappa shape index (κ2) is 5.52. The van der Waals surface area contributed by atoms with Gasteiger partial charge in [-0.15, -0.1) is 11.3 Å². The van der Waals surface area contributed by atoms with Gasteiger partial charge in [-0.25, -0.2) is 9.37 Å². The number of nitrogens with zero attached hydrogens (tertiary/aromatic N) is 1. The van der Waals surface area contributed by atoms with Gasteiger partial charge in [0.15, 0.2) is 0 Å². The quantitative estimate of drug-likeness (QED) is 0.684. The molecule has 0 fully saturated rings. The highest BCUT2D eigenvalue weighted by Crippen LogP contribution is 2.37. The summed E-state index contributed by atoms with van der Waals surface area (Å²) in [5.41, 5.74) is -0.570. The Kier molecular flexibility index (Phi) is 4.13. The third-order valence-corrected chi connectivity index (χ3v) is 4.07. The SMILES string of the molecule is CCC(C)c1csc(-c2cccc(C(F)(F)F)c2F)n1. The number of alkyl halides is 3. The van der Waals surface area contributed by atoms with E-state index in [1.165, 1.54) is 12.1 Å². The summed E-state index contributed by atoms with van der Waals surface area (Å²) in [6.45, 7) is 3.97. The Bertz CT molecular complexity index is 603. The van der Waals surface area contributed by atoms with Crippen molar-refractivity contribution in [2.24, 2.45) is 0 Å². The standard InChI is InChI=1S/C14H13F4NS/c1-3-8(2)11-7-20-13(19-11)9-5-4-6-10(12(9)15)14(16,17)18/h4-8H,3H2,1-2H3. The summed E-state index contributed by atoms with van der Waals surface area (Å²) in [7, 11) is 0. The van der Waals surface area contributed by atoms with Crippen molar-refractivity contribution in [1.29, 1.82) is 0 Å². The zero-order chi connectivity index (χ0) is 14.9. The Labute approximate surface area is 118 Å². The van der Waals surface area contributed by atoms with Crippen molar-refractivity contribution < 1.29 is 17.6 Å². The van der Waals surface area contributed by atoms with E-state index in [2.05, 4.69) is 4.98 Å². The van der Waals surface area contributed by atoms with Crippen LogP contribution in [0, 0.1) is 5.82 Å². The summed E-state index contributed by atoms with van der Waals surface area (Å²) in [4.78, 5) is 4.25. The maximum Gasteiger partial charge on any atom is 0.419 e. The van der Waals surface area contributed by atoms with Crippen molar-refractivity contribution in [2.75, 3.05) is 0 Å². The van der Waals surface area contributed by atoms with Gasteiger partial charge >= 0.3 is 6.18 Å². The molecule has 0 spiro atoms. The molecule has 1 aromatic carbocycles. The first kappa shape index (κ1) is 15.0. The van der Waals surface area contributed by atoms with E-state index in [1.54, 1.807) is 5.38 Å². The zero-order valence-electron chi connectivity index (χ0n) is 11.0. The van der Waals surface area contributed by atoms with Crippen LogP contribution in [0.15, 0.2) is 23.6 Å². The van der Waals surface area contributed by atoms with E-state index in [-0.39, 0.29) is 16.5 Å². The van der Waals surface area contributed by atoms with Crippen molar-refractivity contribution in [3.63, 3.8) is 0 Å². The van der Waals surface area contributed by atoms with E-state index < -0.39 is 17.6 Å². The van der Waals surface area contributed by atoms with Crippen LogP contribution >= 0.6 is 11.3 Å². The van der Waals surface area contributed by atoms with Gasteiger partial charge in [-0.1, -0.05) is 19.9 Å². The number of hydrogen-bond acceptors (Lipinski definition) is 2. The van der Waals surface area contributed by atoms with Crippen molar-refractivity contribution in [3.8, 4) is 10.6 Å². The van der Waals surface area contributed by atoms with Gasteiger partial charge in [0.2, 0.25) is 0 Å². The highest BCUT2D eigenvalue weighted by atomic mass is 32.1. The van der Waals surface area contributed by atoms with Gasteiger partial charge in [-0.2, -0.15) is 13.2 Å². The average molecular weight is 303 g/mol. The van der Waals surface area contributed by atoms with Crippen LogP contribution in [0.3, 0.4) is 0 Å². The highest BCUT2D eigenvalue weighted by Gasteiger charge is 2.35. The number of halogens is 4. The van der Waals surface area contributed by atoms with Crippen LogP contribution in [0.5, 0.6) is 0 Å². The summed E-state index contributed by atoms with van der Waals surface area (Å²) in [6, 6.07) is 3.26. The summed E-state index contributed by atoms with van der Waals surface area (Å²) < 4.78 is 52.0. The van der Waals surface area contributed by atoms with Crippen molar-refractivity contribution in [3.05, 3.63) is 40.7 Å². The molecule has 0 aliphatic heterocycles. The first-order chi connectivity index (χ1) is 9.34. The molecular weight excluding hydrogens is 290 g/mol. The van der Waals surface area contributed by atoms with Crippen LogP contribution < -0.4 is 0 Å². The molecule has 1 atom stereocenters. The maximum atomic E-state index is 14.0. The molecule has 2 rings (SSSR count). The van der Waals surface area contributed by atoms with Crippen molar-refractivity contribution in [1.82, 2.24) is 4.98 Å². The van der Waals surface area contributed by atoms with Crippen LogP contribution in [-0.2, 0) is 6.18 Å². The lowest BCUT2D eigenvalue weighted by atomic mass is 10.1. The molecule has 0 radical (unpaired) electrons. The number of thiazole rings is 1. The molecule has 1 aromatic heterocycles. The van der Waals surface area contributed by atoms with E-state index >= 15 is 0 Å². The molecule has 6 heteroatoms. The number of hydrogen-bond donors (Lipinski definition) is 0. The largest absolute Gasteiger partial charge is 0.419 e. The fourth-order valence-corrected chi connectivity index (χ4v) is 2.72. The van der Waals surface area contributed by atoms with Gasteiger partial charge in [0.05, 0.1) is 11.3 Å². The number of rotatable bonds is 3. The molecule has 0 saturated heterocycles. The van der Waals surface area contributed by atoms with Crippen molar-refractivity contribution in [2.45, 2.75) is 32.4 Å². The molecule has 1 nitrogen and oxygen atoms in total. The van der Waals surface area contributed by atoms with Gasteiger partial charge in [0.1, 0.15) is 10.8 Å². The lowest BCUT2D eigenvalue weighted by Gasteiger charge is -2.09.